The predicted molar refractivity (Wildman–Crippen MR) is 110 cm³/mol. The van der Waals surface area contributed by atoms with Crippen molar-refractivity contribution in [2.75, 3.05) is 0 Å². The van der Waals surface area contributed by atoms with Gasteiger partial charge in [-0.3, -0.25) is 0 Å². The van der Waals surface area contributed by atoms with Crippen molar-refractivity contribution < 1.29 is 0 Å². The first-order valence-electron chi connectivity index (χ1n) is 10.00. The van der Waals surface area contributed by atoms with Crippen LogP contribution in [-0.2, 0) is 0 Å². The van der Waals surface area contributed by atoms with Gasteiger partial charge in [-0.15, -0.1) is 0 Å². The SMILES string of the molecule is CCC[CH2][Sn]([CH2]CCC)([CH2]CCC)[c]1nccnc1-c1ccccn1. The van der Waals surface area contributed by atoms with E-state index in [4.69, 9.17) is 9.97 Å². The van der Waals surface area contributed by atoms with Crippen molar-refractivity contribution in [3.05, 3.63) is 36.8 Å². The van der Waals surface area contributed by atoms with Crippen molar-refractivity contribution in [1.29, 1.82) is 0 Å². The van der Waals surface area contributed by atoms with Crippen LogP contribution in [0.3, 0.4) is 0 Å². The average molecular weight is 446 g/mol. The van der Waals surface area contributed by atoms with E-state index in [0.29, 0.717) is 0 Å². The van der Waals surface area contributed by atoms with Gasteiger partial charge in [0.05, 0.1) is 0 Å². The summed E-state index contributed by atoms with van der Waals surface area (Å²) in [6.45, 7) is 6.94. The van der Waals surface area contributed by atoms with Gasteiger partial charge in [-0.2, -0.15) is 0 Å². The van der Waals surface area contributed by atoms with Crippen molar-refractivity contribution in [2.45, 2.75) is 72.6 Å². The molecule has 0 atom stereocenters. The van der Waals surface area contributed by atoms with E-state index >= 15 is 0 Å². The number of nitrogens with zero attached hydrogens (tertiary/aromatic N) is 3. The number of aromatic nitrogens is 3. The van der Waals surface area contributed by atoms with Crippen LogP contribution < -0.4 is 3.71 Å². The molecule has 0 N–H and O–H groups in total. The Morgan fingerprint density at radius 2 is 1.32 bits per heavy atom. The molecule has 0 radical (unpaired) electrons. The molecule has 0 unspecified atom stereocenters. The molecule has 0 saturated carbocycles. The second-order valence-electron chi connectivity index (χ2n) is 7.06. The molecular weight excluding hydrogens is 413 g/mol. The fourth-order valence-corrected chi connectivity index (χ4v) is 19.7. The third kappa shape index (κ3) is 5.50. The second kappa shape index (κ2) is 10.9. The van der Waals surface area contributed by atoms with Gasteiger partial charge in [-0.1, -0.05) is 0 Å². The van der Waals surface area contributed by atoms with Crippen molar-refractivity contribution in [3.63, 3.8) is 0 Å². The average Bonchev–Trinajstić information content (AvgIpc) is 2.68. The summed E-state index contributed by atoms with van der Waals surface area (Å²) in [4.78, 5) is 14.3. The van der Waals surface area contributed by atoms with Crippen LogP contribution in [0, 0.1) is 0 Å². The number of pyridine rings is 1. The van der Waals surface area contributed by atoms with E-state index in [9.17, 15) is 0 Å². The van der Waals surface area contributed by atoms with Gasteiger partial charge >= 0.3 is 158 Å². The van der Waals surface area contributed by atoms with Gasteiger partial charge in [-0.25, -0.2) is 0 Å². The topological polar surface area (TPSA) is 38.7 Å². The van der Waals surface area contributed by atoms with Crippen molar-refractivity contribution >= 4 is 22.1 Å². The summed E-state index contributed by atoms with van der Waals surface area (Å²) in [5.74, 6) is 0. The number of rotatable bonds is 11. The van der Waals surface area contributed by atoms with E-state index in [1.807, 2.05) is 24.7 Å². The summed E-state index contributed by atoms with van der Waals surface area (Å²) in [6, 6.07) is 6.12. The number of unbranched alkanes of at least 4 members (excludes halogenated alkanes) is 3. The Labute approximate surface area is 157 Å². The molecule has 0 bridgehead atoms. The maximum absolute atomic E-state index is 4.98. The molecule has 3 nitrogen and oxygen atoms in total. The van der Waals surface area contributed by atoms with Gasteiger partial charge in [0.2, 0.25) is 0 Å². The predicted octanol–water partition coefficient (Wildman–Crippen LogP) is 5.59. The Morgan fingerprint density at radius 3 is 1.84 bits per heavy atom. The Hall–Kier alpha value is -0.971. The van der Waals surface area contributed by atoms with Crippen LogP contribution in [0.4, 0.5) is 0 Å². The third-order valence-corrected chi connectivity index (χ3v) is 20.3. The third-order valence-electron chi connectivity index (χ3n) is 5.13. The Morgan fingerprint density at radius 1 is 0.720 bits per heavy atom. The molecule has 0 spiro atoms. The van der Waals surface area contributed by atoms with Crippen LogP contribution in [0.5, 0.6) is 0 Å². The Bertz CT molecular complexity index is 594. The van der Waals surface area contributed by atoms with Gasteiger partial charge < -0.3 is 0 Å². The quantitative estimate of drug-likeness (QED) is 0.423. The van der Waals surface area contributed by atoms with Crippen LogP contribution in [0.1, 0.15) is 59.3 Å². The van der Waals surface area contributed by atoms with E-state index in [0.717, 1.165) is 11.4 Å². The first-order valence-corrected chi connectivity index (χ1v) is 17.5. The van der Waals surface area contributed by atoms with E-state index in [1.165, 1.54) is 55.5 Å². The Kier molecular flexibility index (Phi) is 8.86. The van der Waals surface area contributed by atoms with E-state index in [1.54, 1.807) is 0 Å². The van der Waals surface area contributed by atoms with Gasteiger partial charge in [-0.05, 0) is 0 Å². The summed E-state index contributed by atoms with van der Waals surface area (Å²) in [6.07, 6.45) is 13.4. The molecule has 0 aliphatic carbocycles. The molecule has 0 amide bonds. The fraction of sp³-hybridized carbons (Fsp3) is 0.571. The second-order valence-corrected chi connectivity index (χ2v) is 20.0. The van der Waals surface area contributed by atoms with Crippen LogP contribution in [0.2, 0.25) is 13.3 Å². The molecule has 4 heteroatoms. The molecule has 2 aromatic rings. The molecule has 2 heterocycles. The summed E-state index contributed by atoms with van der Waals surface area (Å²) in [5, 5.41) is 0. The zero-order valence-electron chi connectivity index (χ0n) is 16.2. The monoisotopic (exact) mass is 447 g/mol. The molecule has 25 heavy (non-hydrogen) atoms. The zero-order chi connectivity index (χ0) is 18.0. The Balaban J connectivity index is 2.51. The van der Waals surface area contributed by atoms with Gasteiger partial charge in [0.25, 0.3) is 0 Å². The van der Waals surface area contributed by atoms with Crippen molar-refractivity contribution in [1.82, 2.24) is 15.0 Å². The van der Waals surface area contributed by atoms with E-state index in [2.05, 4.69) is 37.9 Å². The molecule has 0 aromatic carbocycles. The van der Waals surface area contributed by atoms with Crippen LogP contribution >= 0.6 is 0 Å². The van der Waals surface area contributed by atoms with Crippen molar-refractivity contribution in [3.8, 4) is 11.4 Å². The van der Waals surface area contributed by atoms with Crippen LogP contribution in [0.15, 0.2) is 36.8 Å². The summed E-state index contributed by atoms with van der Waals surface area (Å²) in [7, 11) is 0. The molecule has 2 rings (SSSR count). The van der Waals surface area contributed by atoms with Gasteiger partial charge in [0.1, 0.15) is 0 Å². The number of hydrogen-bond donors (Lipinski definition) is 0. The number of hydrogen-bond acceptors (Lipinski definition) is 3. The van der Waals surface area contributed by atoms with Gasteiger partial charge in [0, 0.05) is 0 Å². The molecule has 0 fully saturated rings. The summed E-state index contributed by atoms with van der Waals surface area (Å²) < 4.78 is 5.60. The molecule has 136 valence electrons. The fourth-order valence-electron chi connectivity index (χ4n) is 3.69. The standard InChI is InChI=1S/C9H6N3.3C4H9.Sn/c1-2-4-11-8(3-1)9-7-10-5-6-12-9;3*1-3-4-2;/h1-6H;3*1,3-4H2,2H3;. The van der Waals surface area contributed by atoms with Crippen LogP contribution in [-0.4, -0.2) is 33.3 Å². The summed E-state index contributed by atoms with van der Waals surface area (Å²) in [5.41, 5.74) is 2.07. The normalized spacial score (nSPS) is 11.6. The maximum atomic E-state index is 4.98. The minimum absolute atomic E-state index is 0.996. The first kappa shape index (κ1) is 20.3. The molecule has 0 aliphatic rings. The van der Waals surface area contributed by atoms with Crippen molar-refractivity contribution in [2.24, 2.45) is 0 Å². The summed E-state index contributed by atoms with van der Waals surface area (Å²) >= 11 is -2.60. The van der Waals surface area contributed by atoms with Gasteiger partial charge in [0.15, 0.2) is 0 Å². The first-order chi connectivity index (χ1) is 12.3. The van der Waals surface area contributed by atoms with Crippen LogP contribution in [0.25, 0.3) is 11.4 Å². The molecule has 0 saturated heterocycles. The molecular formula is C21H33N3Sn. The minimum atomic E-state index is -2.60. The van der Waals surface area contributed by atoms with E-state index in [-0.39, 0.29) is 0 Å². The molecule has 0 aliphatic heterocycles. The van der Waals surface area contributed by atoms with E-state index < -0.39 is 18.4 Å². The molecule has 2 aromatic heterocycles. The zero-order valence-corrected chi connectivity index (χ0v) is 19.0.